The molecule has 7 heavy (non-hydrogen) atoms. The standard InChI is InChI=1S/C4H6O2S/c1-3(7)4(6)2-5/h2-3,7H,1H3. The maximum atomic E-state index is 10.1. The third kappa shape index (κ3) is 2.39. The molecular formula is C4H6O2S. The van der Waals surface area contributed by atoms with E-state index in [0.29, 0.717) is 0 Å². The van der Waals surface area contributed by atoms with Gasteiger partial charge in [0.05, 0.1) is 5.25 Å². The van der Waals surface area contributed by atoms with Gasteiger partial charge in [-0.15, -0.1) is 0 Å². The maximum Gasteiger partial charge on any atom is 0.207 e. The van der Waals surface area contributed by atoms with Crippen molar-refractivity contribution in [1.29, 1.82) is 0 Å². The van der Waals surface area contributed by atoms with Gasteiger partial charge in [0, 0.05) is 0 Å². The summed E-state index contributed by atoms with van der Waals surface area (Å²) in [6, 6.07) is 0. The molecule has 0 aromatic heterocycles. The van der Waals surface area contributed by atoms with Gasteiger partial charge in [-0.2, -0.15) is 12.6 Å². The average molecular weight is 118 g/mol. The zero-order chi connectivity index (χ0) is 5.86. The molecular weight excluding hydrogens is 112 g/mol. The van der Waals surface area contributed by atoms with Gasteiger partial charge in [0.15, 0.2) is 6.29 Å². The molecule has 0 N–H and O–H groups in total. The van der Waals surface area contributed by atoms with Gasteiger partial charge in [-0.05, 0) is 6.92 Å². The summed E-state index contributed by atoms with van der Waals surface area (Å²) in [5.74, 6) is -0.469. The second kappa shape index (κ2) is 2.80. The molecule has 1 unspecified atom stereocenters. The van der Waals surface area contributed by atoms with Gasteiger partial charge in [0.2, 0.25) is 5.78 Å². The van der Waals surface area contributed by atoms with Crippen molar-refractivity contribution in [3.05, 3.63) is 0 Å². The largest absolute Gasteiger partial charge is 0.295 e. The maximum absolute atomic E-state index is 10.1. The van der Waals surface area contributed by atoms with Crippen LogP contribution in [0.5, 0.6) is 0 Å². The number of carbonyl (C=O) groups is 2. The van der Waals surface area contributed by atoms with Crippen LogP contribution in [-0.4, -0.2) is 17.3 Å². The van der Waals surface area contributed by atoms with Crippen LogP contribution >= 0.6 is 12.6 Å². The van der Waals surface area contributed by atoms with Gasteiger partial charge >= 0.3 is 0 Å². The lowest BCUT2D eigenvalue weighted by Crippen LogP contribution is -2.10. The van der Waals surface area contributed by atoms with E-state index in [0.717, 1.165) is 0 Å². The lowest BCUT2D eigenvalue weighted by Gasteiger charge is -1.89. The van der Waals surface area contributed by atoms with Crippen molar-refractivity contribution in [1.82, 2.24) is 0 Å². The van der Waals surface area contributed by atoms with E-state index in [1.807, 2.05) is 0 Å². The van der Waals surface area contributed by atoms with E-state index in [9.17, 15) is 9.59 Å². The molecule has 0 aliphatic rings. The fraction of sp³-hybridized carbons (Fsp3) is 0.500. The van der Waals surface area contributed by atoms with Crippen molar-refractivity contribution in [3.63, 3.8) is 0 Å². The molecule has 0 rings (SSSR count). The monoisotopic (exact) mass is 118 g/mol. The highest BCUT2D eigenvalue weighted by Gasteiger charge is 2.03. The number of hydrogen-bond donors (Lipinski definition) is 1. The summed E-state index contributed by atoms with van der Waals surface area (Å²) in [6.45, 7) is 1.56. The lowest BCUT2D eigenvalue weighted by atomic mass is 10.3. The van der Waals surface area contributed by atoms with E-state index >= 15 is 0 Å². The first-order valence-corrected chi connectivity index (χ1v) is 2.37. The first kappa shape index (κ1) is 6.69. The van der Waals surface area contributed by atoms with Gasteiger partial charge < -0.3 is 0 Å². The van der Waals surface area contributed by atoms with Crippen LogP contribution in [0.2, 0.25) is 0 Å². The Morgan fingerprint density at radius 3 is 2.29 bits per heavy atom. The first-order valence-electron chi connectivity index (χ1n) is 1.85. The zero-order valence-corrected chi connectivity index (χ0v) is 4.81. The van der Waals surface area contributed by atoms with Crippen LogP contribution in [-0.2, 0) is 9.59 Å². The first-order chi connectivity index (χ1) is 3.18. The molecule has 0 heterocycles. The van der Waals surface area contributed by atoms with Gasteiger partial charge in [-0.1, -0.05) is 0 Å². The molecule has 0 saturated heterocycles. The van der Waals surface area contributed by atoms with Crippen molar-refractivity contribution in [2.75, 3.05) is 0 Å². The van der Waals surface area contributed by atoms with Crippen LogP contribution in [0.15, 0.2) is 0 Å². The minimum atomic E-state index is -0.469. The molecule has 0 fully saturated rings. The van der Waals surface area contributed by atoms with Crippen molar-refractivity contribution in [2.45, 2.75) is 12.2 Å². The summed E-state index contributed by atoms with van der Waals surface area (Å²) in [5, 5.41) is -0.447. The normalized spacial score (nSPS) is 12.9. The summed E-state index contributed by atoms with van der Waals surface area (Å²) < 4.78 is 0. The fourth-order valence-electron chi connectivity index (χ4n) is 0.0985. The molecule has 0 spiro atoms. The van der Waals surface area contributed by atoms with Crippen molar-refractivity contribution in [2.24, 2.45) is 0 Å². The number of ketones is 1. The van der Waals surface area contributed by atoms with Gasteiger partial charge in [-0.3, -0.25) is 9.59 Å². The van der Waals surface area contributed by atoms with Crippen LogP contribution in [0.4, 0.5) is 0 Å². The van der Waals surface area contributed by atoms with E-state index in [-0.39, 0.29) is 6.29 Å². The lowest BCUT2D eigenvalue weighted by molar-refractivity contribution is -0.129. The molecule has 0 aromatic carbocycles. The molecule has 0 aromatic rings. The summed E-state index contributed by atoms with van der Waals surface area (Å²) in [6.07, 6.45) is 0.275. The van der Waals surface area contributed by atoms with Crippen molar-refractivity contribution >= 4 is 24.7 Å². The molecule has 0 radical (unpaired) electrons. The van der Waals surface area contributed by atoms with Crippen LogP contribution in [0, 0.1) is 0 Å². The highest BCUT2D eigenvalue weighted by Crippen LogP contribution is 1.89. The Kier molecular flexibility index (Phi) is 2.67. The number of rotatable bonds is 2. The van der Waals surface area contributed by atoms with Crippen LogP contribution in [0.25, 0.3) is 0 Å². The highest BCUT2D eigenvalue weighted by molar-refractivity contribution is 7.81. The molecule has 0 amide bonds. The number of hydrogen-bond acceptors (Lipinski definition) is 3. The Labute approximate surface area is 47.3 Å². The minimum Gasteiger partial charge on any atom is -0.295 e. The molecule has 40 valence electrons. The number of Topliss-reactive ketones (excluding diaryl/α,β-unsaturated/α-hetero) is 1. The van der Waals surface area contributed by atoms with Crippen LogP contribution < -0.4 is 0 Å². The Bertz CT molecular complexity index is 87.7. The second-order valence-electron chi connectivity index (χ2n) is 1.20. The van der Waals surface area contributed by atoms with E-state index < -0.39 is 11.0 Å². The summed E-state index contributed by atoms with van der Waals surface area (Å²) in [5.41, 5.74) is 0. The van der Waals surface area contributed by atoms with Crippen molar-refractivity contribution < 1.29 is 9.59 Å². The third-order valence-electron chi connectivity index (χ3n) is 0.528. The predicted octanol–water partition coefficient (Wildman–Crippen LogP) is 0.0727. The Morgan fingerprint density at radius 1 is 1.86 bits per heavy atom. The van der Waals surface area contributed by atoms with E-state index in [4.69, 9.17) is 0 Å². The summed E-state index contributed by atoms with van der Waals surface area (Å²) in [7, 11) is 0. The molecule has 3 heteroatoms. The molecule has 0 aliphatic carbocycles. The summed E-state index contributed by atoms with van der Waals surface area (Å²) >= 11 is 3.69. The predicted molar refractivity (Wildman–Crippen MR) is 29.5 cm³/mol. The van der Waals surface area contributed by atoms with Crippen LogP contribution in [0.3, 0.4) is 0 Å². The van der Waals surface area contributed by atoms with Crippen LogP contribution in [0.1, 0.15) is 6.92 Å². The van der Waals surface area contributed by atoms with Crippen molar-refractivity contribution in [3.8, 4) is 0 Å². The third-order valence-corrected chi connectivity index (χ3v) is 0.782. The Morgan fingerprint density at radius 2 is 2.29 bits per heavy atom. The SMILES string of the molecule is CC(S)C(=O)C=O. The average Bonchev–Trinajstić information content (AvgIpc) is 1.65. The molecule has 0 saturated carbocycles. The number of carbonyl (C=O) groups excluding carboxylic acids is 2. The van der Waals surface area contributed by atoms with Gasteiger partial charge in [-0.25, -0.2) is 0 Å². The smallest absolute Gasteiger partial charge is 0.207 e. The van der Waals surface area contributed by atoms with E-state index in [1.165, 1.54) is 0 Å². The Hall–Kier alpha value is -0.310. The molecule has 0 aliphatic heterocycles. The number of aldehydes is 1. The molecule has 2 nitrogen and oxygen atoms in total. The second-order valence-corrected chi connectivity index (χ2v) is 1.97. The van der Waals surface area contributed by atoms with E-state index in [2.05, 4.69) is 12.6 Å². The quantitative estimate of drug-likeness (QED) is 0.316. The minimum absolute atomic E-state index is 0.275. The topological polar surface area (TPSA) is 34.1 Å². The number of thiol groups is 1. The zero-order valence-electron chi connectivity index (χ0n) is 3.92. The Balaban J connectivity index is 3.56. The summed E-state index contributed by atoms with van der Waals surface area (Å²) in [4.78, 5) is 19.6. The van der Waals surface area contributed by atoms with Gasteiger partial charge in [0.25, 0.3) is 0 Å². The fourth-order valence-corrected chi connectivity index (χ4v) is 0.159. The molecule has 1 atom stereocenters. The van der Waals surface area contributed by atoms with Gasteiger partial charge in [0.1, 0.15) is 0 Å². The molecule has 0 bridgehead atoms. The highest BCUT2D eigenvalue weighted by atomic mass is 32.1. The van der Waals surface area contributed by atoms with E-state index in [1.54, 1.807) is 6.92 Å².